The van der Waals surface area contributed by atoms with Gasteiger partial charge in [0.15, 0.2) is 0 Å². The molecule has 10 heteroatoms. The van der Waals surface area contributed by atoms with Gasteiger partial charge in [0.05, 0.1) is 18.2 Å². The Morgan fingerprint density at radius 2 is 1.10 bits per heavy atom. The van der Waals surface area contributed by atoms with Gasteiger partial charge in [0, 0.05) is 24.7 Å². The number of likely N-dealkylation sites (tertiary alicyclic amines) is 2. The van der Waals surface area contributed by atoms with Crippen molar-refractivity contribution in [3.8, 4) is 0 Å². The van der Waals surface area contributed by atoms with Gasteiger partial charge >= 0.3 is 12.2 Å². The topological polar surface area (TPSA) is 113 Å². The Morgan fingerprint density at radius 1 is 0.714 bits per heavy atom. The van der Waals surface area contributed by atoms with Gasteiger partial charge in [-0.15, -0.1) is 0 Å². The molecule has 0 bridgehead atoms. The van der Waals surface area contributed by atoms with Crippen LogP contribution < -0.4 is 0 Å². The van der Waals surface area contributed by atoms with Crippen molar-refractivity contribution in [3.63, 3.8) is 0 Å². The monoisotopic (exact) mass is 580 g/mol. The maximum atomic E-state index is 14.5. The van der Waals surface area contributed by atoms with Crippen LogP contribution in [0, 0.1) is 11.8 Å². The molecule has 2 aromatic carbocycles. The zero-order chi connectivity index (χ0) is 30.7. The third kappa shape index (κ3) is 5.28. The van der Waals surface area contributed by atoms with Gasteiger partial charge in [-0.1, -0.05) is 48.5 Å². The molecule has 2 saturated heterocycles. The number of imide groups is 2. The van der Waals surface area contributed by atoms with Gasteiger partial charge in [-0.25, -0.2) is 23.8 Å². The second kappa shape index (κ2) is 10.5. The van der Waals surface area contributed by atoms with Gasteiger partial charge in [0.2, 0.25) is 11.8 Å². The molecule has 2 aromatic rings. The fourth-order valence-electron chi connectivity index (χ4n) is 6.40. The molecule has 2 aliphatic carbocycles. The Kier molecular flexibility index (Phi) is 7.41. The summed E-state index contributed by atoms with van der Waals surface area (Å²) in [5.74, 6) is -1.42. The molecular formula is C32H37FN2O7. The van der Waals surface area contributed by atoms with E-state index in [0.717, 1.165) is 16.0 Å². The highest BCUT2D eigenvalue weighted by atomic mass is 19.1. The number of fused-ring (bicyclic) bond motifs is 6. The van der Waals surface area contributed by atoms with Crippen molar-refractivity contribution in [1.29, 1.82) is 0 Å². The number of carbonyl (C=O) groups excluding carboxylic acids is 4. The fourth-order valence-corrected chi connectivity index (χ4v) is 6.40. The number of carbonyl (C=O) groups is 4. The zero-order valence-electron chi connectivity index (χ0n) is 24.7. The van der Waals surface area contributed by atoms with Gasteiger partial charge in [0.1, 0.15) is 17.4 Å². The third-order valence-corrected chi connectivity index (χ3v) is 7.93. The SMILES string of the molecule is CC(C)(C)OC(=O)N1C(=O)C[C@@H]2[C@H]1c1ccccc1[C@@H]2O.CC(C)(C)OC(=O)N1C(=O)C[C@H]2[C@H](F)c3ccccc3[C@H]21. The van der Waals surface area contributed by atoms with E-state index in [1.165, 1.54) is 4.90 Å². The molecular weight excluding hydrogens is 543 g/mol. The number of halogens is 1. The Balaban J connectivity index is 0.000000168. The largest absolute Gasteiger partial charge is 0.443 e. The fraction of sp³-hybridized carbons (Fsp3) is 0.500. The second-order valence-electron chi connectivity index (χ2n) is 13.2. The van der Waals surface area contributed by atoms with Gasteiger partial charge in [0.25, 0.3) is 0 Å². The van der Waals surface area contributed by atoms with E-state index in [1.54, 1.807) is 65.8 Å². The van der Waals surface area contributed by atoms with Crippen LogP contribution in [0.15, 0.2) is 48.5 Å². The number of benzene rings is 2. The van der Waals surface area contributed by atoms with Crippen LogP contribution in [0.1, 0.15) is 101 Å². The number of hydrogen-bond acceptors (Lipinski definition) is 7. The van der Waals surface area contributed by atoms with E-state index in [0.29, 0.717) is 11.1 Å². The smallest absolute Gasteiger partial charge is 0.417 e. The predicted octanol–water partition coefficient (Wildman–Crippen LogP) is 6.09. The molecule has 2 heterocycles. The molecule has 0 unspecified atom stereocenters. The maximum Gasteiger partial charge on any atom is 0.417 e. The zero-order valence-corrected chi connectivity index (χ0v) is 24.7. The van der Waals surface area contributed by atoms with E-state index in [9.17, 15) is 28.7 Å². The minimum absolute atomic E-state index is 0.0414. The van der Waals surface area contributed by atoms with Crippen LogP contribution in [0.4, 0.5) is 14.0 Å². The van der Waals surface area contributed by atoms with E-state index in [4.69, 9.17) is 9.47 Å². The molecule has 0 saturated carbocycles. The minimum Gasteiger partial charge on any atom is -0.443 e. The Labute approximate surface area is 244 Å². The highest BCUT2D eigenvalue weighted by molar-refractivity contribution is 5.96. The number of aliphatic hydroxyl groups excluding tert-OH is 1. The lowest BCUT2D eigenvalue weighted by Gasteiger charge is -2.27. The Morgan fingerprint density at radius 3 is 1.57 bits per heavy atom. The summed E-state index contributed by atoms with van der Waals surface area (Å²) in [5, 5.41) is 10.4. The predicted molar refractivity (Wildman–Crippen MR) is 150 cm³/mol. The van der Waals surface area contributed by atoms with E-state index in [1.807, 2.05) is 24.3 Å². The summed E-state index contributed by atoms with van der Waals surface area (Å²) in [5.41, 5.74) is 1.58. The maximum absolute atomic E-state index is 14.5. The van der Waals surface area contributed by atoms with Crippen LogP contribution in [0.3, 0.4) is 0 Å². The normalized spacial score (nSPS) is 27.5. The van der Waals surface area contributed by atoms with Crippen LogP contribution in [0.5, 0.6) is 0 Å². The third-order valence-electron chi connectivity index (χ3n) is 7.93. The molecule has 224 valence electrons. The van der Waals surface area contributed by atoms with Gasteiger partial charge in [-0.2, -0.15) is 0 Å². The van der Waals surface area contributed by atoms with Crippen LogP contribution in [0.2, 0.25) is 0 Å². The molecule has 2 aliphatic heterocycles. The van der Waals surface area contributed by atoms with Crippen molar-refractivity contribution in [2.24, 2.45) is 11.8 Å². The minimum atomic E-state index is -1.21. The number of ether oxygens (including phenoxy) is 2. The lowest BCUT2D eigenvalue weighted by atomic mass is 10.00. The summed E-state index contributed by atoms with van der Waals surface area (Å²) in [4.78, 5) is 51.2. The van der Waals surface area contributed by atoms with Crippen LogP contribution >= 0.6 is 0 Å². The number of rotatable bonds is 0. The first-order valence-electron chi connectivity index (χ1n) is 14.2. The van der Waals surface area contributed by atoms with Gasteiger partial charge in [-0.3, -0.25) is 9.59 Å². The average molecular weight is 581 g/mol. The molecule has 9 nitrogen and oxygen atoms in total. The van der Waals surface area contributed by atoms with Crippen molar-refractivity contribution < 1.29 is 38.1 Å². The number of amides is 4. The summed E-state index contributed by atoms with van der Waals surface area (Å²) in [6, 6.07) is 13.5. The highest BCUT2D eigenvalue weighted by Crippen LogP contribution is 2.55. The standard InChI is InChI=1S/C16H18FNO3.C16H19NO4/c1-16(2,3)21-15(20)18-12(19)8-11-13(17)9-6-4-5-7-10(9)14(11)18;1-16(2,3)21-15(20)17-12(18)8-11-13(17)9-6-4-5-7-10(9)14(11)19/h4-7,11,13-14H,8H2,1-3H3;4-7,11,13-14,19H,8H2,1-3H3/t11-,13+,14+;11-,13-,14+/m01/s1. The van der Waals surface area contributed by atoms with Crippen molar-refractivity contribution in [2.45, 2.75) is 89.9 Å². The van der Waals surface area contributed by atoms with Crippen LogP contribution in [0.25, 0.3) is 0 Å². The lowest BCUT2D eigenvalue weighted by molar-refractivity contribution is -0.129. The van der Waals surface area contributed by atoms with E-state index in [-0.39, 0.29) is 30.6 Å². The van der Waals surface area contributed by atoms with Crippen LogP contribution in [-0.4, -0.2) is 50.1 Å². The molecule has 0 aromatic heterocycles. The van der Waals surface area contributed by atoms with Crippen molar-refractivity contribution in [3.05, 3.63) is 70.8 Å². The summed E-state index contributed by atoms with van der Waals surface area (Å²) >= 11 is 0. The highest BCUT2D eigenvalue weighted by Gasteiger charge is 2.55. The van der Waals surface area contributed by atoms with Gasteiger partial charge in [-0.05, 0) is 63.8 Å². The Hall–Kier alpha value is -3.79. The van der Waals surface area contributed by atoms with Crippen molar-refractivity contribution in [1.82, 2.24) is 9.80 Å². The first-order chi connectivity index (χ1) is 19.6. The van der Waals surface area contributed by atoms with Crippen LogP contribution in [-0.2, 0) is 19.1 Å². The summed E-state index contributed by atoms with van der Waals surface area (Å²) in [6.45, 7) is 10.5. The molecule has 42 heavy (non-hydrogen) atoms. The Bertz CT molecular complexity index is 1320. The summed E-state index contributed by atoms with van der Waals surface area (Å²) < 4.78 is 25.1. The molecule has 6 rings (SSSR count). The molecule has 0 radical (unpaired) electrons. The van der Waals surface area contributed by atoms with E-state index >= 15 is 0 Å². The van der Waals surface area contributed by atoms with Crippen molar-refractivity contribution >= 4 is 24.0 Å². The lowest BCUT2D eigenvalue weighted by Crippen LogP contribution is -2.39. The van der Waals surface area contributed by atoms with E-state index in [2.05, 4.69) is 0 Å². The van der Waals surface area contributed by atoms with Crippen molar-refractivity contribution in [2.75, 3.05) is 0 Å². The molecule has 4 aliphatic rings. The first kappa shape index (κ1) is 29.7. The summed E-state index contributed by atoms with van der Waals surface area (Å²) in [7, 11) is 0. The molecule has 6 atom stereocenters. The quantitative estimate of drug-likeness (QED) is 0.401. The van der Waals surface area contributed by atoms with Gasteiger partial charge < -0.3 is 14.6 Å². The molecule has 4 amide bonds. The molecule has 1 N–H and O–H groups in total. The summed E-state index contributed by atoms with van der Waals surface area (Å²) in [6.07, 6.45) is -3.03. The average Bonchev–Trinajstić information content (AvgIpc) is 3.57. The number of alkyl halides is 1. The second-order valence-corrected chi connectivity index (χ2v) is 13.2. The molecule has 2 fully saturated rings. The molecule has 0 spiro atoms. The number of hydrogen-bond donors (Lipinski definition) is 1. The first-order valence-corrected chi connectivity index (χ1v) is 14.2. The number of nitrogens with zero attached hydrogens (tertiary/aromatic N) is 2. The number of aliphatic hydroxyl groups is 1. The van der Waals surface area contributed by atoms with E-state index < -0.39 is 53.7 Å².